The van der Waals surface area contributed by atoms with E-state index in [9.17, 15) is 4.79 Å². The molecule has 19 heavy (non-hydrogen) atoms. The normalized spacial score (nSPS) is 24.5. The molecule has 0 radical (unpaired) electrons. The molecule has 0 bridgehead atoms. The van der Waals surface area contributed by atoms with Gasteiger partial charge < -0.3 is 20.5 Å². The van der Waals surface area contributed by atoms with Gasteiger partial charge in [-0.15, -0.1) is 0 Å². The van der Waals surface area contributed by atoms with E-state index in [1.807, 2.05) is 6.92 Å². The van der Waals surface area contributed by atoms with E-state index in [-0.39, 0.29) is 24.8 Å². The molecule has 0 aromatic carbocycles. The quantitative estimate of drug-likeness (QED) is 0.658. The Balaban J connectivity index is 2.26. The molecule has 1 aliphatic rings. The summed E-state index contributed by atoms with van der Waals surface area (Å²) in [6.07, 6.45) is 2.72. The SMILES string of the molecule is CC(C)CC(CCO)CNC(=O)NC1CCOC1C. The minimum atomic E-state index is -0.131. The third-order valence-corrected chi connectivity index (χ3v) is 3.59. The number of carbonyl (C=O) groups is 1. The van der Waals surface area contributed by atoms with Gasteiger partial charge in [0.25, 0.3) is 0 Å². The van der Waals surface area contributed by atoms with E-state index in [1.165, 1.54) is 0 Å². The molecule has 5 nitrogen and oxygen atoms in total. The number of carbonyl (C=O) groups excluding carboxylic acids is 1. The van der Waals surface area contributed by atoms with E-state index < -0.39 is 0 Å². The third-order valence-electron chi connectivity index (χ3n) is 3.59. The predicted octanol–water partition coefficient (Wildman–Crippen LogP) is 1.51. The van der Waals surface area contributed by atoms with E-state index in [0.29, 0.717) is 25.0 Å². The van der Waals surface area contributed by atoms with Crippen LogP contribution in [-0.4, -0.2) is 43.0 Å². The Labute approximate surface area is 116 Å². The van der Waals surface area contributed by atoms with Gasteiger partial charge in [0.05, 0.1) is 12.1 Å². The zero-order valence-electron chi connectivity index (χ0n) is 12.3. The van der Waals surface area contributed by atoms with Crippen molar-refractivity contribution in [3.05, 3.63) is 0 Å². The molecular formula is C14H28N2O3. The lowest BCUT2D eigenvalue weighted by molar-refractivity contribution is 0.114. The van der Waals surface area contributed by atoms with E-state index in [2.05, 4.69) is 24.5 Å². The molecule has 3 N–H and O–H groups in total. The smallest absolute Gasteiger partial charge is 0.315 e. The molecule has 1 fully saturated rings. The van der Waals surface area contributed by atoms with Crippen LogP contribution in [0.1, 0.15) is 40.0 Å². The van der Waals surface area contributed by atoms with Crippen LogP contribution in [0.25, 0.3) is 0 Å². The molecule has 3 unspecified atom stereocenters. The second-order valence-electron chi connectivity index (χ2n) is 5.83. The molecule has 112 valence electrons. The molecular weight excluding hydrogens is 244 g/mol. The largest absolute Gasteiger partial charge is 0.396 e. The zero-order valence-corrected chi connectivity index (χ0v) is 12.3. The van der Waals surface area contributed by atoms with Gasteiger partial charge in [0, 0.05) is 19.8 Å². The fraction of sp³-hybridized carbons (Fsp3) is 0.929. The average Bonchev–Trinajstić information content (AvgIpc) is 2.72. The summed E-state index contributed by atoms with van der Waals surface area (Å²) < 4.78 is 5.41. The lowest BCUT2D eigenvalue weighted by atomic mass is 9.94. The number of aliphatic hydroxyl groups excluding tert-OH is 1. The van der Waals surface area contributed by atoms with Crippen LogP contribution in [0.15, 0.2) is 0 Å². The lowest BCUT2D eigenvalue weighted by Crippen LogP contribution is -2.46. The molecule has 0 aromatic rings. The Bertz CT molecular complexity index is 271. The number of nitrogens with one attached hydrogen (secondary N) is 2. The molecule has 1 rings (SSSR count). The van der Waals surface area contributed by atoms with Crippen LogP contribution in [-0.2, 0) is 4.74 Å². The monoisotopic (exact) mass is 272 g/mol. The Morgan fingerprint density at radius 1 is 1.47 bits per heavy atom. The number of hydrogen-bond donors (Lipinski definition) is 3. The second kappa shape index (κ2) is 8.38. The second-order valence-corrected chi connectivity index (χ2v) is 5.83. The molecule has 3 atom stereocenters. The van der Waals surface area contributed by atoms with Crippen LogP contribution in [0.4, 0.5) is 4.79 Å². The summed E-state index contributed by atoms with van der Waals surface area (Å²) in [5.74, 6) is 0.915. The van der Waals surface area contributed by atoms with Crippen molar-refractivity contribution in [2.45, 2.75) is 52.2 Å². The zero-order chi connectivity index (χ0) is 14.3. The van der Waals surface area contributed by atoms with E-state index in [1.54, 1.807) is 0 Å². The third kappa shape index (κ3) is 6.25. The van der Waals surface area contributed by atoms with E-state index in [4.69, 9.17) is 9.84 Å². The summed E-state index contributed by atoms with van der Waals surface area (Å²) in [6, 6.07) is -0.0181. The van der Waals surface area contributed by atoms with Crippen molar-refractivity contribution in [1.82, 2.24) is 10.6 Å². The summed E-state index contributed by atoms with van der Waals surface area (Å²) in [4.78, 5) is 11.8. The number of aliphatic hydroxyl groups is 1. The van der Waals surface area contributed by atoms with Gasteiger partial charge in [0.15, 0.2) is 0 Å². The van der Waals surface area contributed by atoms with Gasteiger partial charge >= 0.3 is 6.03 Å². The maximum absolute atomic E-state index is 11.8. The van der Waals surface area contributed by atoms with Gasteiger partial charge in [0.1, 0.15) is 0 Å². The maximum atomic E-state index is 11.8. The number of ether oxygens (including phenoxy) is 1. The van der Waals surface area contributed by atoms with Crippen LogP contribution in [0.2, 0.25) is 0 Å². The van der Waals surface area contributed by atoms with Crippen molar-refractivity contribution in [1.29, 1.82) is 0 Å². The minimum absolute atomic E-state index is 0.0923. The molecule has 0 aromatic heterocycles. The number of rotatable bonds is 7. The van der Waals surface area contributed by atoms with Crippen LogP contribution in [0.3, 0.4) is 0 Å². The Morgan fingerprint density at radius 3 is 2.74 bits per heavy atom. The first-order chi connectivity index (χ1) is 9.02. The van der Waals surface area contributed by atoms with Gasteiger partial charge in [-0.1, -0.05) is 13.8 Å². The van der Waals surface area contributed by atoms with Crippen LogP contribution >= 0.6 is 0 Å². The fourth-order valence-electron chi connectivity index (χ4n) is 2.53. The van der Waals surface area contributed by atoms with Crippen molar-refractivity contribution < 1.29 is 14.6 Å². The molecule has 0 aliphatic carbocycles. The summed E-state index contributed by atoms with van der Waals surface area (Å²) in [6.45, 7) is 7.79. The Morgan fingerprint density at radius 2 is 2.21 bits per heavy atom. The van der Waals surface area contributed by atoms with Crippen molar-refractivity contribution in [3.63, 3.8) is 0 Å². The first kappa shape index (κ1) is 16.2. The van der Waals surface area contributed by atoms with E-state index in [0.717, 1.165) is 19.3 Å². The van der Waals surface area contributed by atoms with Crippen LogP contribution < -0.4 is 10.6 Å². The van der Waals surface area contributed by atoms with Gasteiger partial charge in [-0.25, -0.2) is 4.79 Å². The first-order valence-corrected chi connectivity index (χ1v) is 7.29. The number of hydrogen-bond acceptors (Lipinski definition) is 3. The average molecular weight is 272 g/mol. The van der Waals surface area contributed by atoms with Crippen molar-refractivity contribution >= 4 is 6.03 Å². The summed E-state index contributed by atoms with van der Waals surface area (Å²) >= 11 is 0. The Hall–Kier alpha value is -0.810. The number of amides is 2. The standard InChI is InChI=1S/C14H28N2O3/c1-10(2)8-12(4-6-17)9-15-14(18)16-13-5-7-19-11(13)3/h10-13,17H,4-9H2,1-3H3,(H2,15,16,18). The minimum Gasteiger partial charge on any atom is -0.396 e. The highest BCUT2D eigenvalue weighted by Gasteiger charge is 2.25. The molecule has 1 aliphatic heterocycles. The molecule has 1 saturated heterocycles. The van der Waals surface area contributed by atoms with Crippen LogP contribution in [0.5, 0.6) is 0 Å². The maximum Gasteiger partial charge on any atom is 0.315 e. The molecule has 1 heterocycles. The topological polar surface area (TPSA) is 70.6 Å². The van der Waals surface area contributed by atoms with Crippen LogP contribution in [0, 0.1) is 11.8 Å². The van der Waals surface area contributed by atoms with Gasteiger partial charge in [-0.3, -0.25) is 0 Å². The lowest BCUT2D eigenvalue weighted by Gasteiger charge is -2.21. The van der Waals surface area contributed by atoms with E-state index >= 15 is 0 Å². The highest BCUT2D eigenvalue weighted by atomic mass is 16.5. The number of urea groups is 1. The molecule has 0 saturated carbocycles. The fourth-order valence-corrected chi connectivity index (χ4v) is 2.53. The van der Waals surface area contributed by atoms with Crippen molar-refractivity contribution in [3.8, 4) is 0 Å². The van der Waals surface area contributed by atoms with Crippen molar-refractivity contribution in [2.24, 2.45) is 11.8 Å². The summed E-state index contributed by atoms with van der Waals surface area (Å²) in [7, 11) is 0. The highest BCUT2D eigenvalue weighted by molar-refractivity contribution is 5.74. The predicted molar refractivity (Wildman–Crippen MR) is 75.0 cm³/mol. The molecule has 2 amide bonds. The van der Waals surface area contributed by atoms with Crippen molar-refractivity contribution in [2.75, 3.05) is 19.8 Å². The van der Waals surface area contributed by atoms with Gasteiger partial charge in [-0.2, -0.15) is 0 Å². The van der Waals surface area contributed by atoms with Gasteiger partial charge in [-0.05, 0) is 38.0 Å². The Kier molecular flexibility index (Phi) is 7.16. The van der Waals surface area contributed by atoms with Gasteiger partial charge in [0.2, 0.25) is 0 Å². The molecule has 0 spiro atoms. The first-order valence-electron chi connectivity index (χ1n) is 7.29. The highest BCUT2D eigenvalue weighted by Crippen LogP contribution is 2.15. The summed E-state index contributed by atoms with van der Waals surface area (Å²) in [5, 5.41) is 14.9. The summed E-state index contributed by atoms with van der Waals surface area (Å²) in [5.41, 5.74) is 0. The molecule has 5 heteroatoms.